The second kappa shape index (κ2) is 10.7. The number of aromatic nitrogens is 3. The highest BCUT2D eigenvalue weighted by atomic mass is 32.2. The lowest BCUT2D eigenvalue weighted by Crippen LogP contribution is -2.24. The number of methoxy groups -OCH3 is 1. The van der Waals surface area contributed by atoms with Gasteiger partial charge in [0.25, 0.3) is 5.91 Å². The molecule has 1 aliphatic rings. The van der Waals surface area contributed by atoms with Crippen molar-refractivity contribution in [2.45, 2.75) is 36.5 Å². The predicted octanol–water partition coefficient (Wildman–Crippen LogP) is 4.65. The summed E-state index contributed by atoms with van der Waals surface area (Å²) in [7, 11) is -3.10. The Bertz CT molecular complexity index is 1730. The normalized spacial score (nSPS) is 16.9. The van der Waals surface area contributed by atoms with Crippen LogP contribution in [-0.4, -0.2) is 48.5 Å². The summed E-state index contributed by atoms with van der Waals surface area (Å²) >= 11 is 0. The van der Waals surface area contributed by atoms with E-state index in [4.69, 9.17) is 9.47 Å². The number of benzene rings is 1. The molecule has 40 heavy (non-hydrogen) atoms. The molecule has 0 fully saturated rings. The van der Waals surface area contributed by atoms with E-state index in [1.807, 2.05) is 0 Å². The molecule has 0 saturated heterocycles. The Kier molecular flexibility index (Phi) is 7.32. The Morgan fingerprint density at radius 2 is 2.00 bits per heavy atom. The number of alkyl halides is 2. The van der Waals surface area contributed by atoms with Crippen LogP contribution < -0.4 is 14.8 Å². The van der Waals surface area contributed by atoms with Crippen LogP contribution in [0.25, 0.3) is 22.2 Å². The van der Waals surface area contributed by atoms with Crippen LogP contribution in [0, 0.1) is 5.82 Å². The third kappa shape index (κ3) is 5.16. The van der Waals surface area contributed by atoms with Gasteiger partial charge in [-0.1, -0.05) is 0 Å². The number of sulfone groups is 1. The molecule has 9 nitrogen and oxygen atoms in total. The van der Waals surface area contributed by atoms with E-state index in [9.17, 15) is 26.4 Å². The summed E-state index contributed by atoms with van der Waals surface area (Å²) in [6.45, 7) is 0.967. The molecule has 1 N–H and O–H groups in total. The average Bonchev–Trinajstić information content (AvgIpc) is 3.06. The smallest absolute Gasteiger partial charge is 0.251 e. The third-order valence-corrected chi connectivity index (χ3v) is 8.15. The Balaban J connectivity index is 1.39. The van der Waals surface area contributed by atoms with E-state index in [-0.39, 0.29) is 30.3 Å². The monoisotopic (exact) mass is 572 g/mol. The van der Waals surface area contributed by atoms with E-state index in [1.165, 1.54) is 14.0 Å². The molecule has 208 valence electrons. The van der Waals surface area contributed by atoms with Crippen LogP contribution in [0.15, 0.2) is 53.6 Å². The van der Waals surface area contributed by atoms with Crippen molar-refractivity contribution in [1.29, 1.82) is 0 Å². The van der Waals surface area contributed by atoms with Crippen molar-refractivity contribution in [2.75, 3.05) is 13.7 Å². The molecular formula is C27H23F3N4O5S. The van der Waals surface area contributed by atoms with Gasteiger partial charge in [-0.15, -0.1) is 0 Å². The van der Waals surface area contributed by atoms with Crippen molar-refractivity contribution in [2.24, 2.45) is 0 Å². The summed E-state index contributed by atoms with van der Waals surface area (Å²) in [5.41, 5.74) is -0.336. The number of nitrogens with zero attached hydrogens (tertiary/aromatic N) is 3. The maximum Gasteiger partial charge on any atom is 0.251 e. The Morgan fingerprint density at radius 3 is 2.75 bits per heavy atom. The second-order valence-corrected chi connectivity index (χ2v) is 11.1. The number of carbonyl (C=O) groups is 1. The summed E-state index contributed by atoms with van der Waals surface area (Å²) in [4.78, 5) is 25.2. The van der Waals surface area contributed by atoms with Crippen molar-refractivity contribution in [1.82, 2.24) is 20.3 Å². The SMILES string of the molecule is COc1nc([C@H](C)F)ccc1-c1ccc2cnc(CNC(=O)c3cc(F)c4c(c3)S(=O)(=O)[C@@H](F)CCO4)cc2n1. The molecule has 0 radical (unpaired) electrons. The van der Waals surface area contributed by atoms with Gasteiger partial charge in [-0.25, -0.2) is 31.6 Å². The minimum absolute atomic E-state index is 0.0949. The van der Waals surface area contributed by atoms with E-state index in [0.29, 0.717) is 27.9 Å². The van der Waals surface area contributed by atoms with Gasteiger partial charge in [-0.3, -0.25) is 9.78 Å². The largest absolute Gasteiger partial charge is 0.489 e. The first-order valence-corrected chi connectivity index (χ1v) is 13.7. The predicted molar refractivity (Wildman–Crippen MR) is 139 cm³/mol. The lowest BCUT2D eigenvalue weighted by molar-refractivity contribution is 0.0949. The molecule has 0 aliphatic carbocycles. The van der Waals surface area contributed by atoms with Gasteiger partial charge in [0.05, 0.1) is 48.4 Å². The summed E-state index contributed by atoms with van der Waals surface area (Å²) in [6.07, 6.45) is -0.158. The van der Waals surface area contributed by atoms with Crippen LogP contribution in [0.1, 0.15) is 41.3 Å². The minimum atomic E-state index is -4.53. The van der Waals surface area contributed by atoms with Crippen molar-refractivity contribution in [3.05, 3.63) is 71.4 Å². The number of hydrogen-bond donors (Lipinski definition) is 1. The first-order chi connectivity index (χ1) is 19.1. The van der Waals surface area contributed by atoms with Crippen molar-refractivity contribution in [3.8, 4) is 22.9 Å². The molecular weight excluding hydrogens is 549 g/mol. The van der Waals surface area contributed by atoms with Crippen molar-refractivity contribution >= 4 is 26.6 Å². The van der Waals surface area contributed by atoms with Gasteiger partial charge in [-0.05, 0) is 49.4 Å². The fraction of sp³-hybridized carbons (Fsp3) is 0.259. The zero-order chi connectivity index (χ0) is 28.6. The van der Waals surface area contributed by atoms with Crippen LogP contribution in [0.2, 0.25) is 0 Å². The van der Waals surface area contributed by atoms with E-state index < -0.39 is 50.3 Å². The standard InChI is InChI=1S/C27H23F3N4O5S/c1-14(28)20-6-4-18(27(34-20)38-2)21-5-3-15-12-31-17(11-22(15)33-21)13-32-26(35)16-9-19(29)25-23(10-16)40(36,37)24(30)7-8-39-25/h3-6,9-12,14,24H,7-8,13H2,1-2H3,(H,32,35)/t14-,24+/m0/s1. The van der Waals surface area contributed by atoms with Crippen LogP contribution in [0.4, 0.5) is 13.2 Å². The van der Waals surface area contributed by atoms with Crippen LogP contribution >= 0.6 is 0 Å². The highest BCUT2D eigenvalue weighted by Gasteiger charge is 2.35. The topological polar surface area (TPSA) is 120 Å². The first kappa shape index (κ1) is 27.3. The molecule has 1 aromatic carbocycles. The Hall–Kier alpha value is -4.26. The fourth-order valence-corrected chi connectivity index (χ4v) is 5.59. The maximum atomic E-state index is 14.6. The van der Waals surface area contributed by atoms with E-state index in [0.717, 1.165) is 12.1 Å². The average molecular weight is 573 g/mol. The van der Waals surface area contributed by atoms with E-state index in [2.05, 4.69) is 20.3 Å². The van der Waals surface area contributed by atoms with Crippen molar-refractivity contribution in [3.63, 3.8) is 0 Å². The number of pyridine rings is 3. The van der Waals surface area contributed by atoms with E-state index in [1.54, 1.807) is 36.5 Å². The number of ether oxygens (including phenoxy) is 2. The highest BCUT2D eigenvalue weighted by molar-refractivity contribution is 7.92. The zero-order valence-corrected chi connectivity index (χ0v) is 22.1. The van der Waals surface area contributed by atoms with Gasteiger partial charge in [0.1, 0.15) is 11.1 Å². The number of rotatable bonds is 6. The van der Waals surface area contributed by atoms with Gasteiger partial charge in [-0.2, -0.15) is 0 Å². The van der Waals surface area contributed by atoms with Crippen LogP contribution in [0.3, 0.4) is 0 Å². The zero-order valence-electron chi connectivity index (χ0n) is 21.3. The van der Waals surface area contributed by atoms with Crippen LogP contribution in [-0.2, 0) is 16.4 Å². The molecule has 0 saturated carbocycles. The number of fused-ring (bicyclic) bond motifs is 2. The number of nitrogens with one attached hydrogen (secondary N) is 1. The molecule has 13 heteroatoms. The van der Waals surface area contributed by atoms with Gasteiger partial charge in [0.15, 0.2) is 11.6 Å². The second-order valence-electron chi connectivity index (χ2n) is 9.03. The summed E-state index contributed by atoms with van der Waals surface area (Å²) in [5.74, 6) is -2.26. The van der Waals surface area contributed by atoms with Crippen molar-refractivity contribution < 1.29 is 35.9 Å². The quantitative estimate of drug-likeness (QED) is 0.355. The van der Waals surface area contributed by atoms with Gasteiger partial charge in [0, 0.05) is 23.6 Å². The number of halogens is 3. The van der Waals surface area contributed by atoms with E-state index >= 15 is 0 Å². The third-order valence-electron chi connectivity index (χ3n) is 6.33. The van der Waals surface area contributed by atoms with Crippen LogP contribution in [0.5, 0.6) is 11.6 Å². The fourth-order valence-electron chi connectivity index (χ4n) is 4.20. The molecule has 1 amide bonds. The number of carbonyl (C=O) groups excluding carboxylic acids is 1. The number of amides is 1. The lowest BCUT2D eigenvalue weighted by atomic mass is 10.1. The van der Waals surface area contributed by atoms with Gasteiger partial charge in [0.2, 0.25) is 21.2 Å². The first-order valence-electron chi connectivity index (χ1n) is 12.2. The molecule has 4 heterocycles. The lowest BCUT2D eigenvalue weighted by Gasteiger charge is -2.12. The minimum Gasteiger partial charge on any atom is -0.489 e. The summed E-state index contributed by atoms with van der Waals surface area (Å²) < 4.78 is 77.9. The summed E-state index contributed by atoms with van der Waals surface area (Å²) in [6, 6.07) is 10.1. The highest BCUT2D eigenvalue weighted by Crippen LogP contribution is 2.35. The molecule has 0 bridgehead atoms. The molecule has 4 aromatic rings. The molecule has 3 aromatic heterocycles. The Morgan fingerprint density at radius 1 is 1.20 bits per heavy atom. The number of hydrogen-bond acceptors (Lipinski definition) is 8. The summed E-state index contributed by atoms with van der Waals surface area (Å²) in [5, 5.41) is 3.27. The maximum absolute atomic E-state index is 14.6. The molecule has 5 rings (SSSR count). The van der Waals surface area contributed by atoms with Gasteiger partial charge < -0.3 is 14.8 Å². The molecule has 2 atom stereocenters. The molecule has 0 unspecified atom stereocenters. The molecule has 1 aliphatic heterocycles. The van der Waals surface area contributed by atoms with Gasteiger partial charge >= 0.3 is 0 Å². The molecule has 0 spiro atoms. The Labute approximate surface area is 227 Å².